The van der Waals surface area contributed by atoms with Crippen molar-refractivity contribution < 1.29 is 9.18 Å². The maximum Gasteiger partial charge on any atom is 0.263 e. The number of halogens is 1. The fourth-order valence-electron chi connectivity index (χ4n) is 3.37. The monoisotopic (exact) mass is 383 g/mol. The number of amides is 1. The molecule has 3 aromatic rings. The van der Waals surface area contributed by atoms with Gasteiger partial charge in [-0.2, -0.15) is 0 Å². The minimum atomic E-state index is -1.86. The Labute approximate surface area is 161 Å². The van der Waals surface area contributed by atoms with E-state index in [1.54, 1.807) is 30.2 Å². The van der Waals surface area contributed by atoms with Crippen molar-refractivity contribution in [1.29, 1.82) is 0 Å². The number of aromatic nitrogens is 5. The number of fused-ring (bicyclic) bond motifs is 1. The molecule has 8 nitrogen and oxygen atoms in total. The van der Waals surface area contributed by atoms with Crippen LogP contribution in [0.25, 0.3) is 22.3 Å². The summed E-state index contributed by atoms with van der Waals surface area (Å²) in [4.78, 5) is 23.5. The number of anilines is 1. The molecule has 0 atom stereocenters. The Morgan fingerprint density at radius 1 is 1.29 bits per heavy atom. The van der Waals surface area contributed by atoms with E-state index in [4.69, 9.17) is 0 Å². The normalized spacial score (nSPS) is 17.0. The lowest BCUT2D eigenvalue weighted by Gasteiger charge is -2.34. The summed E-state index contributed by atoms with van der Waals surface area (Å²) in [5, 5.41) is 11.4. The van der Waals surface area contributed by atoms with Crippen LogP contribution in [0.3, 0.4) is 0 Å². The summed E-state index contributed by atoms with van der Waals surface area (Å²) in [5.41, 5.74) is 0.0920. The number of aryl methyl sites for hydroxylation is 1. The number of likely N-dealkylation sites (tertiary alicyclic amines) is 1. The first-order chi connectivity index (χ1) is 13.5. The lowest BCUT2D eigenvalue weighted by Crippen LogP contribution is -2.48. The summed E-state index contributed by atoms with van der Waals surface area (Å²) in [6.07, 6.45) is 3.77. The van der Waals surface area contributed by atoms with Crippen molar-refractivity contribution in [3.63, 3.8) is 0 Å². The number of pyridine rings is 2. The first kappa shape index (κ1) is 18.4. The largest absolute Gasteiger partial charge is 0.308 e. The number of nitrogens with one attached hydrogen (secondary N) is 1. The van der Waals surface area contributed by atoms with Crippen molar-refractivity contribution in [2.24, 2.45) is 7.05 Å². The second kappa shape index (κ2) is 7.23. The topological polar surface area (TPSA) is 88.8 Å². The van der Waals surface area contributed by atoms with E-state index in [1.165, 1.54) is 0 Å². The van der Waals surface area contributed by atoms with Crippen molar-refractivity contribution >= 4 is 22.6 Å². The Hall–Kier alpha value is -2.94. The molecule has 4 heterocycles. The third-order valence-corrected chi connectivity index (χ3v) is 5.18. The number of nitrogens with zero attached hydrogens (tertiary/aromatic N) is 6. The van der Waals surface area contributed by atoms with Gasteiger partial charge in [-0.1, -0.05) is 12.1 Å². The Morgan fingerprint density at radius 3 is 2.75 bits per heavy atom. The highest BCUT2D eigenvalue weighted by Gasteiger charge is 2.41. The number of carbonyl (C=O) groups is 1. The van der Waals surface area contributed by atoms with Gasteiger partial charge in [0, 0.05) is 50.6 Å². The molecule has 0 radical (unpaired) electrons. The smallest absolute Gasteiger partial charge is 0.263 e. The van der Waals surface area contributed by atoms with Crippen LogP contribution in [0.1, 0.15) is 19.8 Å². The minimum Gasteiger partial charge on any atom is -0.308 e. The van der Waals surface area contributed by atoms with Gasteiger partial charge < -0.3 is 10.2 Å². The number of alkyl halides is 1. The molecular formula is C19H22FN7O. The molecule has 9 heteroatoms. The van der Waals surface area contributed by atoms with Crippen LogP contribution in [-0.2, 0) is 11.8 Å². The number of rotatable bonds is 4. The van der Waals surface area contributed by atoms with Crippen LogP contribution in [0.2, 0.25) is 0 Å². The van der Waals surface area contributed by atoms with Gasteiger partial charge in [0.1, 0.15) is 11.5 Å². The van der Waals surface area contributed by atoms with Gasteiger partial charge in [-0.05, 0) is 18.7 Å². The van der Waals surface area contributed by atoms with E-state index in [2.05, 4.69) is 30.5 Å². The van der Waals surface area contributed by atoms with E-state index in [0.717, 1.165) is 11.9 Å². The number of hydrogen-bond acceptors (Lipinski definition) is 6. The Morgan fingerprint density at radius 2 is 2.07 bits per heavy atom. The number of piperidine rings is 1. The van der Waals surface area contributed by atoms with E-state index in [0.29, 0.717) is 30.0 Å². The lowest BCUT2D eigenvalue weighted by molar-refractivity contribution is -0.130. The molecule has 1 saturated heterocycles. The van der Waals surface area contributed by atoms with Gasteiger partial charge in [-0.25, -0.2) is 14.4 Å². The third kappa shape index (κ3) is 3.57. The quantitative estimate of drug-likeness (QED) is 0.743. The molecule has 1 aliphatic heterocycles. The molecule has 0 spiro atoms. The maximum absolute atomic E-state index is 15.1. The molecule has 1 fully saturated rings. The SMILES string of the molecule is CCN1CCC(F)(C(=O)Nc2cc3nc(-c4cn(C)nn4)ccc3cn2)CC1. The standard InChI is InChI=1S/C19H22FN7O/c1-3-27-8-6-19(20,7-9-27)18(28)23-17-10-15-13(11-21-17)4-5-14(22-15)16-12-26(2)25-24-16/h4-5,10-12H,3,6-9H2,1-2H3,(H,21,23,28). The molecule has 1 amide bonds. The van der Waals surface area contributed by atoms with Crippen molar-refractivity contribution in [1.82, 2.24) is 29.9 Å². The number of carbonyl (C=O) groups excluding carboxylic acids is 1. The molecule has 28 heavy (non-hydrogen) atoms. The molecule has 0 bridgehead atoms. The van der Waals surface area contributed by atoms with Crippen molar-refractivity contribution in [3.8, 4) is 11.4 Å². The first-order valence-corrected chi connectivity index (χ1v) is 9.33. The van der Waals surface area contributed by atoms with Gasteiger partial charge in [0.15, 0.2) is 5.67 Å². The van der Waals surface area contributed by atoms with Crippen molar-refractivity contribution in [2.75, 3.05) is 25.0 Å². The van der Waals surface area contributed by atoms with E-state index >= 15 is 4.39 Å². The van der Waals surface area contributed by atoms with Gasteiger partial charge in [-0.3, -0.25) is 9.48 Å². The summed E-state index contributed by atoms with van der Waals surface area (Å²) in [6, 6.07) is 5.37. The minimum absolute atomic E-state index is 0.190. The summed E-state index contributed by atoms with van der Waals surface area (Å²) >= 11 is 0. The maximum atomic E-state index is 15.1. The average molecular weight is 383 g/mol. The summed E-state index contributed by atoms with van der Waals surface area (Å²) in [7, 11) is 1.78. The highest BCUT2D eigenvalue weighted by atomic mass is 19.1. The van der Waals surface area contributed by atoms with Crippen LogP contribution in [0, 0.1) is 0 Å². The second-order valence-corrected chi connectivity index (χ2v) is 7.09. The summed E-state index contributed by atoms with van der Waals surface area (Å²) in [6.45, 7) is 4.06. The molecule has 0 aromatic carbocycles. The zero-order valence-electron chi connectivity index (χ0n) is 15.9. The van der Waals surface area contributed by atoms with Crippen LogP contribution in [0.4, 0.5) is 10.2 Å². The van der Waals surface area contributed by atoms with Crippen molar-refractivity contribution in [2.45, 2.75) is 25.4 Å². The fraction of sp³-hybridized carbons (Fsp3) is 0.421. The van der Waals surface area contributed by atoms with Gasteiger partial charge in [0.05, 0.1) is 17.4 Å². The van der Waals surface area contributed by atoms with E-state index in [-0.39, 0.29) is 18.7 Å². The number of hydrogen-bond donors (Lipinski definition) is 1. The zero-order chi connectivity index (χ0) is 19.7. The fourth-order valence-corrected chi connectivity index (χ4v) is 3.37. The molecule has 1 N–H and O–H groups in total. The van der Waals surface area contributed by atoms with Gasteiger partial charge in [0.25, 0.3) is 5.91 Å². The van der Waals surface area contributed by atoms with Crippen LogP contribution < -0.4 is 5.32 Å². The van der Waals surface area contributed by atoms with Crippen LogP contribution >= 0.6 is 0 Å². The molecular weight excluding hydrogens is 361 g/mol. The highest BCUT2D eigenvalue weighted by Crippen LogP contribution is 2.28. The predicted octanol–water partition coefficient (Wildman–Crippen LogP) is 2.19. The van der Waals surface area contributed by atoms with Gasteiger partial charge in [0.2, 0.25) is 0 Å². The van der Waals surface area contributed by atoms with Gasteiger partial charge in [-0.15, -0.1) is 5.10 Å². The average Bonchev–Trinajstić information content (AvgIpc) is 3.14. The van der Waals surface area contributed by atoms with E-state index < -0.39 is 11.6 Å². The molecule has 1 aliphatic rings. The Balaban J connectivity index is 1.54. The second-order valence-electron chi connectivity index (χ2n) is 7.09. The van der Waals surface area contributed by atoms with E-state index in [1.807, 2.05) is 19.1 Å². The predicted molar refractivity (Wildman–Crippen MR) is 103 cm³/mol. The molecule has 4 rings (SSSR count). The Bertz CT molecular complexity index is 1010. The first-order valence-electron chi connectivity index (χ1n) is 9.33. The highest BCUT2D eigenvalue weighted by molar-refractivity contribution is 5.97. The molecule has 3 aromatic heterocycles. The van der Waals surface area contributed by atoms with Crippen LogP contribution in [0.5, 0.6) is 0 Å². The molecule has 0 saturated carbocycles. The zero-order valence-corrected chi connectivity index (χ0v) is 15.9. The molecule has 0 unspecified atom stereocenters. The lowest BCUT2D eigenvalue weighted by atomic mass is 9.92. The molecule has 146 valence electrons. The van der Waals surface area contributed by atoms with E-state index in [9.17, 15) is 4.79 Å². The summed E-state index contributed by atoms with van der Waals surface area (Å²) < 4.78 is 16.7. The van der Waals surface area contributed by atoms with Gasteiger partial charge >= 0.3 is 0 Å². The molecule has 0 aliphatic carbocycles. The van der Waals surface area contributed by atoms with Crippen LogP contribution in [-0.4, -0.2) is 61.1 Å². The Kier molecular flexibility index (Phi) is 4.76. The van der Waals surface area contributed by atoms with Crippen molar-refractivity contribution in [3.05, 3.63) is 30.6 Å². The summed E-state index contributed by atoms with van der Waals surface area (Å²) in [5.74, 6) is -0.351. The van der Waals surface area contributed by atoms with Crippen LogP contribution in [0.15, 0.2) is 30.6 Å². The third-order valence-electron chi connectivity index (χ3n) is 5.18.